The quantitative estimate of drug-likeness (QED) is 0.831. The number of hydrogen-bond acceptors (Lipinski definition) is 2. The Hall–Kier alpha value is -0.930. The highest BCUT2D eigenvalue weighted by molar-refractivity contribution is 6.35. The molecule has 0 saturated carbocycles. The van der Waals surface area contributed by atoms with Crippen LogP contribution >= 0.6 is 23.2 Å². The zero-order valence-electron chi connectivity index (χ0n) is 8.22. The number of halogens is 2. The van der Waals surface area contributed by atoms with E-state index in [1.807, 2.05) is 0 Å². The summed E-state index contributed by atoms with van der Waals surface area (Å²) in [6.07, 6.45) is 0. The molecule has 15 heavy (non-hydrogen) atoms. The van der Waals surface area contributed by atoms with E-state index in [4.69, 9.17) is 27.9 Å². The molecule has 1 N–H and O–H groups in total. The van der Waals surface area contributed by atoms with Crippen molar-refractivity contribution in [3.8, 4) is 5.75 Å². The molecule has 3 nitrogen and oxygen atoms in total. The first-order chi connectivity index (χ1) is 7.09. The van der Waals surface area contributed by atoms with Crippen LogP contribution in [-0.2, 0) is 4.79 Å². The summed E-state index contributed by atoms with van der Waals surface area (Å²) in [6, 6.07) is 5.00. The van der Waals surface area contributed by atoms with Crippen LogP contribution in [0.1, 0.15) is 6.92 Å². The molecular formula is C10H11Cl2NO2. The lowest BCUT2D eigenvalue weighted by molar-refractivity contribution is -0.119. The van der Waals surface area contributed by atoms with Crippen LogP contribution in [0.3, 0.4) is 0 Å². The van der Waals surface area contributed by atoms with Crippen molar-refractivity contribution in [3.05, 3.63) is 28.2 Å². The van der Waals surface area contributed by atoms with Gasteiger partial charge >= 0.3 is 0 Å². The number of rotatable bonds is 4. The number of benzene rings is 1. The molecule has 0 fully saturated rings. The van der Waals surface area contributed by atoms with E-state index in [9.17, 15) is 4.79 Å². The molecule has 0 bridgehead atoms. The highest BCUT2D eigenvalue weighted by Crippen LogP contribution is 2.27. The van der Waals surface area contributed by atoms with Crippen LogP contribution in [0.2, 0.25) is 10.0 Å². The lowest BCUT2D eigenvalue weighted by atomic mass is 10.3. The maximum atomic E-state index is 10.6. The SMILES string of the molecule is CC(=O)NCCOc1ccc(Cl)cc1Cl. The van der Waals surface area contributed by atoms with Gasteiger partial charge in [-0.1, -0.05) is 23.2 Å². The Morgan fingerprint density at radius 3 is 2.80 bits per heavy atom. The van der Waals surface area contributed by atoms with Gasteiger partial charge in [0.25, 0.3) is 0 Å². The molecule has 0 radical (unpaired) electrons. The van der Waals surface area contributed by atoms with Crippen molar-refractivity contribution < 1.29 is 9.53 Å². The van der Waals surface area contributed by atoms with Crippen LogP contribution in [0.25, 0.3) is 0 Å². The van der Waals surface area contributed by atoms with Crippen molar-refractivity contribution in [2.24, 2.45) is 0 Å². The van der Waals surface area contributed by atoms with E-state index in [2.05, 4.69) is 5.32 Å². The van der Waals surface area contributed by atoms with E-state index in [0.29, 0.717) is 28.9 Å². The first-order valence-corrected chi connectivity index (χ1v) is 5.17. The number of carbonyl (C=O) groups excluding carboxylic acids is 1. The maximum absolute atomic E-state index is 10.6. The molecule has 0 heterocycles. The van der Waals surface area contributed by atoms with Gasteiger partial charge in [-0.3, -0.25) is 4.79 Å². The van der Waals surface area contributed by atoms with E-state index in [0.717, 1.165) is 0 Å². The molecular weight excluding hydrogens is 237 g/mol. The highest BCUT2D eigenvalue weighted by Gasteiger charge is 2.01. The van der Waals surface area contributed by atoms with Gasteiger partial charge in [-0.05, 0) is 18.2 Å². The molecule has 0 aromatic heterocycles. The van der Waals surface area contributed by atoms with Crippen LogP contribution in [-0.4, -0.2) is 19.1 Å². The summed E-state index contributed by atoms with van der Waals surface area (Å²) < 4.78 is 5.34. The number of nitrogens with one attached hydrogen (secondary N) is 1. The average Bonchev–Trinajstić information content (AvgIpc) is 2.14. The molecule has 0 atom stereocenters. The van der Waals surface area contributed by atoms with E-state index >= 15 is 0 Å². The summed E-state index contributed by atoms with van der Waals surface area (Å²) in [5, 5.41) is 3.64. The van der Waals surface area contributed by atoms with Gasteiger partial charge in [-0.25, -0.2) is 0 Å². The fourth-order valence-electron chi connectivity index (χ4n) is 0.980. The first-order valence-electron chi connectivity index (χ1n) is 4.42. The van der Waals surface area contributed by atoms with Crippen molar-refractivity contribution in [3.63, 3.8) is 0 Å². The van der Waals surface area contributed by atoms with Crippen LogP contribution < -0.4 is 10.1 Å². The van der Waals surface area contributed by atoms with Gasteiger partial charge in [-0.15, -0.1) is 0 Å². The van der Waals surface area contributed by atoms with Gasteiger partial charge in [-0.2, -0.15) is 0 Å². The Morgan fingerprint density at radius 2 is 2.20 bits per heavy atom. The molecule has 0 aliphatic carbocycles. The van der Waals surface area contributed by atoms with Crippen molar-refractivity contribution in [2.45, 2.75) is 6.92 Å². The van der Waals surface area contributed by atoms with Crippen molar-refractivity contribution >= 4 is 29.1 Å². The Morgan fingerprint density at radius 1 is 1.47 bits per heavy atom. The molecule has 5 heteroatoms. The van der Waals surface area contributed by atoms with Crippen LogP contribution in [0, 0.1) is 0 Å². The zero-order valence-corrected chi connectivity index (χ0v) is 9.73. The minimum atomic E-state index is -0.0826. The molecule has 1 aromatic rings. The molecule has 0 saturated heterocycles. The number of amides is 1. The van der Waals surface area contributed by atoms with E-state index in [1.165, 1.54) is 6.92 Å². The number of ether oxygens (including phenoxy) is 1. The normalized spacial score (nSPS) is 9.80. The molecule has 1 aromatic carbocycles. The number of carbonyl (C=O) groups is 1. The van der Waals surface area contributed by atoms with Crippen LogP contribution in [0.4, 0.5) is 0 Å². The molecule has 1 amide bonds. The molecule has 1 rings (SSSR count). The summed E-state index contributed by atoms with van der Waals surface area (Å²) in [6.45, 7) is 2.28. The maximum Gasteiger partial charge on any atom is 0.216 e. The molecule has 0 spiro atoms. The standard InChI is InChI=1S/C10H11Cl2NO2/c1-7(14)13-4-5-15-10-3-2-8(11)6-9(10)12/h2-3,6H,4-5H2,1H3,(H,13,14). The van der Waals surface area contributed by atoms with Gasteiger partial charge in [0.1, 0.15) is 12.4 Å². The van der Waals surface area contributed by atoms with Crippen molar-refractivity contribution in [2.75, 3.05) is 13.2 Å². The Labute approximate surface area is 98.3 Å². The summed E-state index contributed by atoms with van der Waals surface area (Å²) in [5.41, 5.74) is 0. The second-order valence-electron chi connectivity index (χ2n) is 2.91. The monoisotopic (exact) mass is 247 g/mol. The third-order valence-electron chi connectivity index (χ3n) is 1.63. The summed E-state index contributed by atoms with van der Waals surface area (Å²) in [4.78, 5) is 10.6. The Balaban J connectivity index is 2.40. The molecule has 0 aliphatic rings. The zero-order chi connectivity index (χ0) is 11.3. The Kier molecular flexibility index (Phi) is 4.72. The molecule has 82 valence electrons. The largest absolute Gasteiger partial charge is 0.490 e. The van der Waals surface area contributed by atoms with Gasteiger partial charge in [0.15, 0.2) is 0 Å². The second kappa shape index (κ2) is 5.83. The molecule has 0 unspecified atom stereocenters. The second-order valence-corrected chi connectivity index (χ2v) is 3.75. The van der Waals surface area contributed by atoms with Crippen LogP contribution in [0.15, 0.2) is 18.2 Å². The van der Waals surface area contributed by atoms with Crippen LogP contribution in [0.5, 0.6) is 5.75 Å². The predicted molar refractivity (Wildman–Crippen MR) is 60.6 cm³/mol. The summed E-state index contributed by atoms with van der Waals surface area (Å²) in [5.74, 6) is 0.479. The first kappa shape index (κ1) is 12.1. The third kappa shape index (κ3) is 4.40. The van der Waals surface area contributed by atoms with E-state index in [1.54, 1.807) is 18.2 Å². The summed E-state index contributed by atoms with van der Waals surface area (Å²) >= 11 is 11.6. The number of hydrogen-bond donors (Lipinski definition) is 1. The fraction of sp³-hybridized carbons (Fsp3) is 0.300. The van der Waals surface area contributed by atoms with Gasteiger partial charge in [0.2, 0.25) is 5.91 Å². The Bertz CT molecular complexity index is 355. The highest BCUT2D eigenvalue weighted by atomic mass is 35.5. The van der Waals surface area contributed by atoms with Gasteiger partial charge < -0.3 is 10.1 Å². The van der Waals surface area contributed by atoms with Crippen molar-refractivity contribution in [1.82, 2.24) is 5.32 Å². The minimum absolute atomic E-state index is 0.0826. The predicted octanol–water partition coefficient (Wildman–Crippen LogP) is 2.51. The lowest BCUT2D eigenvalue weighted by Crippen LogP contribution is -2.25. The fourth-order valence-corrected chi connectivity index (χ4v) is 1.44. The molecule has 0 aliphatic heterocycles. The van der Waals surface area contributed by atoms with Gasteiger partial charge in [0.05, 0.1) is 11.6 Å². The average molecular weight is 248 g/mol. The lowest BCUT2D eigenvalue weighted by Gasteiger charge is -2.08. The smallest absolute Gasteiger partial charge is 0.216 e. The van der Waals surface area contributed by atoms with E-state index in [-0.39, 0.29) is 5.91 Å². The summed E-state index contributed by atoms with van der Waals surface area (Å²) in [7, 11) is 0. The van der Waals surface area contributed by atoms with Gasteiger partial charge in [0, 0.05) is 11.9 Å². The van der Waals surface area contributed by atoms with E-state index < -0.39 is 0 Å². The van der Waals surface area contributed by atoms with Crippen molar-refractivity contribution in [1.29, 1.82) is 0 Å². The third-order valence-corrected chi connectivity index (χ3v) is 2.16. The minimum Gasteiger partial charge on any atom is -0.490 e. The topological polar surface area (TPSA) is 38.3 Å².